The Labute approximate surface area is 158 Å². The van der Waals surface area contributed by atoms with Gasteiger partial charge in [0.15, 0.2) is 12.3 Å². The number of thiophene rings is 1. The summed E-state index contributed by atoms with van der Waals surface area (Å²) in [5.41, 5.74) is 2.31. The monoisotopic (exact) mass is 381 g/mol. The van der Waals surface area contributed by atoms with Crippen molar-refractivity contribution in [2.45, 2.75) is 13.5 Å². The number of fused-ring (bicyclic) bond motifs is 1. The van der Waals surface area contributed by atoms with E-state index in [0.29, 0.717) is 32.7 Å². The maximum Gasteiger partial charge on any atom is 0.339 e. The quantitative estimate of drug-likeness (QED) is 0.306. The predicted molar refractivity (Wildman–Crippen MR) is 98.9 cm³/mol. The number of esters is 1. The van der Waals surface area contributed by atoms with E-state index < -0.39 is 5.97 Å². The van der Waals surface area contributed by atoms with Gasteiger partial charge in [-0.3, -0.25) is 4.68 Å². The van der Waals surface area contributed by atoms with Gasteiger partial charge in [-0.1, -0.05) is 6.07 Å². The highest BCUT2D eigenvalue weighted by atomic mass is 32.1. The first-order valence-corrected chi connectivity index (χ1v) is 9.01. The molecule has 136 valence electrons. The molecule has 4 aromatic rings. The maximum absolute atomic E-state index is 12.8. The van der Waals surface area contributed by atoms with E-state index in [2.05, 4.69) is 15.1 Å². The Morgan fingerprint density at radius 1 is 1.41 bits per heavy atom. The van der Waals surface area contributed by atoms with E-state index in [9.17, 15) is 10.0 Å². The summed E-state index contributed by atoms with van der Waals surface area (Å²) in [6.45, 7) is 1.59. The van der Waals surface area contributed by atoms with Gasteiger partial charge in [-0.05, 0) is 29.4 Å². The summed E-state index contributed by atoms with van der Waals surface area (Å²) in [5.74, 6) is -0.445. The molecule has 0 saturated carbocycles. The molecule has 0 aliphatic heterocycles. The van der Waals surface area contributed by atoms with E-state index in [1.807, 2.05) is 24.4 Å². The number of pyridine rings is 1. The van der Waals surface area contributed by atoms with Crippen molar-refractivity contribution < 1.29 is 14.3 Å². The van der Waals surface area contributed by atoms with Crippen LogP contribution in [-0.2, 0) is 18.4 Å². The molecule has 27 heavy (non-hydrogen) atoms. The molecule has 0 fully saturated rings. The van der Waals surface area contributed by atoms with Crippen molar-refractivity contribution in [2.75, 3.05) is 0 Å². The molecule has 0 amide bonds. The standard InChI is InChI=1S/C18H15N5O3S/c1-11-16-12(18(24)26-10-15-19-6-4-7-23(15)25)9-13(14-5-3-8-27-14)20-17(16)22(2)21-11/h3-9H,10H2,1-2H3. The molecule has 0 unspecified atom stereocenters. The molecule has 8 nitrogen and oxygen atoms in total. The van der Waals surface area contributed by atoms with Crippen LogP contribution in [0.15, 0.2) is 42.0 Å². The maximum atomic E-state index is 12.8. The Kier molecular flexibility index (Phi) is 4.28. The fourth-order valence-electron chi connectivity index (χ4n) is 2.85. The molecule has 0 spiro atoms. The molecule has 0 N–H and O–H groups in total. The highest BCUT2D eigenvalue weighted by Crippen LogP contribution is 2.29. The average molecular weight is 381 g/mol. The lowest BCUT2D eigenvalue weighted by molar-refractivity contribution is -0.620. The first-order chi connectivity index (χ1) is 13.0. The van der Waals surface area contributed by atoms with Gasteiger partial charge in [0, 0.05) is 13.1 Å². The first-order valence-electron chi connectivity index (χ1n) is 8.13. The second-order valence-corrected chi connectivity index (χ2v) is 6.83. The third-order valence-corrected chi connectivity index (χ3v) is 4.97. The molecule has 4 aromatic heterocycles. The van der Waals surface area contributed by atoms with Crippen molar-refractivity contribution in [3.8, 4) is 10.6 Å². The molecule has 0 radical (unpaired) electrons. The molecular formula is C18H15N5O3S. The van der Waals surface area contributed by atoms with E-state index in [1.54, 1.807) is 17.8 Å². The zero-order valence-electron chi connectivity index (χ0n) is 14.6. The second kappa shape index (κ2) is 6.76. The Balaban J connectivity index is 1.75. The van der Waals surface area contributed by atoms with Crippen LogP contribution in [0.25, 0.3) is 21.6 Å². The first kappa shape index (κ1) is 17.1. The fraction of sp³-hybridized carbons (Fsp3) is 0.167. The molecular weight excluding hydrogens is 366 g/mol. The third-order valence-electron chi connectivity index (χ3n) is 4.08. The highest BCUT2D eigenvalue weighted by Gasteiger charge is 2.21. The lowest BCUT2D eigenvalue weighted by Crippen LogP contribution is -2.33. The summed E-state index contributed by atoms with van der Waals surface area (Å²) >= 11 is 1.53. The smallest absolute Gasteiger partial charge is 0.339 e. The van der Waals surface area contributed by atoms with Gasteiger partial charge in [0.05, 0.1) is 33.4 Å². The Bertz CT molecular complexity index is 1140. The van der Waals surface area contributed by atoms with Crippen LogP contribution in [0.4, 0.5) is 0 Å². The van der Waals surface area contributed by atoms with Crippen molar-refractivity contribution in [1.29, 1.82) is 0 Å². The van der Waals surface area contributed by atoms with Gasteiger partial charge in [-0.25, -0.2) is 14.5 Å². The number of rotatable bonds is 4. The van der Waals surface area contributed by atoms with E-state index in [4.69, 9.17) is 4.74 Å². The molecule has 0 aliphatic rings. The zero-order chi connectivity index (χ0) is 19.0. The minimum atomic E-state index is -0.554. The van der Waals surface area contributed by atoms with Gasteiger partial charge in [0.1, 0.15) is 6.20 Å². The molecule has 0 atom stereocenters. The number of carbonyl (C=O) groups is 1. The lowest BCUT2D eigenvalue weighted by atomic mass is 10.1. The Morgan fingerprint density at radius 2 is 2.26 bits per heavy atom. The van der Waals surface area contributed by atoms with Crippen molar-refractivity contribution >= 4 is 28.3 Å². The second-order valence-electron chi connectivity index (χ2n) is 5.88. The number of ether oxygens (including phenoxy) is 1. The fourth-order valence-corrected chi connectivity index (χ4v) is 3.54. The van der Waals surface area contributed by atoms with Gasteiger partial charge in [0.2, 0.25) is 0 Å². The number of aromatic nitrogens is 5. The van der Waals surface area contributed by atoms with Gasteiger partial charge in [0.25, 0.3) is 0 Å². The Hall–Kier alpha value is -3.33. The van der Waals surface area contributed by atoms with Gasteiger partial charge in [-0.15, -0.1) is 11.3 Å². The minimum Gasteiger partial charge on any atom is -0.711 e. The molecule has 4 heterocycles. The zero-order valence-corrected chi connectivity index (χ0v) is 15.4. The van der Waals surface area contributed by atoms with Crippen LogP contribution in [0.5, 0.6) is 0 Å². The average Bonchev–Trinajstić information content (AvgIpc) is 3.29. The van der Waals surface area contributed by atoms with Crippen molar-refractivity contribution in [1.82, 2.24) is 19.7 Å². The topological polar surface area (TPSA) is 96.8 Å². The molecule has 4 rings (SSSR count). The van der Waals surface area contributed by atoms with Crippen LogP contribution in [0, 0.1) is 12.1 Å². The summed E-state index contributed by atoms with van der Waals surface area (Å²) in [6, 6.07) is 7.07. The molecule has 0 aromatic carbocycles. The number of aryl methyl sites for hydroxylation is 2. The summed E-state index contributed by atoms with van der Waals surface area (Å²) in [6.07, 6.45) is 2.78. The Morgan fingerprint density at radius 3 is 3.00 bits per heavy atom. The molecule has 0 aliphatic carbocycles. The molecule has 0 bridgehead atoms. The third kappa shape index (κ3) is 3.13. The molecule has 9 heteroatoms. The molecule has 0 saturated heterocycles. The van der Waals surface area contributed by atoms with Crippen LogP contribution in [0.1, 0.15) is 21.9 Å². The van der Waals surface area contributed by atoms with E-state index in [-0.39, 0.29) is 12.4 Å². The largest absolute Gasteiger partial charge is 0.711 e. The van der Waals surface area contributed by atoms with Crippen LogP contribution in [0.2, 0.25) is 0 Å². The normalized spacial score (nSPS) is 11.0. The van der Waals surface area contributed by atoms with E-state index >= 15 is 0 Å². The number of hydrogen-bond donors (Lipinski definition) is 0. The number of carbonyl (C=O) groups excluding carboxylic acids is 1. The van der Waals surface area contributed by atoms with Crippen LogP contribution < -0.4 is 4.73 Å². The number of nitrogens with zero attached hydrogens (tertiary/aromatic N) is 5. The van der Waals surface area contributed by atoms with E-state index in [0.717, 1.165) is 4.88 Å². The van der Waals surface area contributed by atoms with Gasteiger partial charge >= 0.3 is 11.8 Å². The van der Waals surface area contributed by atoms with Crippen LogP contribution in [0.3, 0.4) is 0 Å². The summed E-state index contributed by atoms with van der Waals surface area (Å²) in [4.78, 5) is 22.3. The number of hydrogen-bond acceptors (Lipinski definition) is 7. The van der Waals surface area contributed by atoms with Crippen molar-refractivity contribution in [3.05, 3.63) is 64.3 Å². The van der Waals surface area contributed by atoms with Crippen molar-refractivity contribution in [3.63, 3.8) is 0 Å². The minimum absolute atomic E-state index is 0.109. The summed E-state index contributed by atoms with van der Waals surface area (Å²) < 4.78 is 7.57. The van der Waals surface area contributed by atoms with Gasteiger partial charge < -0.3 is 9.94 Å². The summed E-state index contributed by atoms with van der Waals surface area (Å²) in [7, 11) is 1.78. The lowest BCUT2D eigenvalue weighted by Gasteiger charge is -2.08. The van der Waals surface area contributed by atoms with Crippen LogP contribution >= 0.6 is 11.3 Å². The SMILES string of the molecule is Cc1nn(C)c2nc(-c3cccs3)cc(C(=O)OCc3nccc[n+]3[O-])c12. The van der Waals surface area contributed by atoms with E-state index in [1.165, 1.54) is 29.8 Å². The van der Waals surface area contributed by atoms with Crippen molar-refractivity contribution in [2.24, 2.45) is 7.05 Å². The summed E-state index contributed by atoms with van der Waals surface area (Å²) in [5, 5.41) is 18.6. The van der Waals surface area contributed by atoms with Gasteiger partial charge in [-0.2, -0.15) is 5.10 Å². The predicted octanol–water partition coefficient (Wildman–Crippen LogP) is 2.39. The highest BCUT2D eigenvalue weighted by molar-refractivity contribution is 7.13. The van der Waals surface area contributed by atoms with Crippen LogP contribution in [-0.4, -0.2) is 25.7 Å².